The summed E-state index contributed by atoms with van der Waals surface area (Å²) in [5.41, 5.74) is 6.07. The summed E-state index contributed by atoms with van der Waals surface area (Å²) < 4.78 is 0. The van der Waals surface area contributed by atoms with Gasteiger partial charge in [-0.2, -0.15) is 4.99 Å². The summed E-state index contributed by atoms with van der Waals surface area (Å²) in [4.78, 5) is 8.26. The maximum atomic E-state index is 8.14. The number of nitrogens with one attached hydrogen (secondary N) is 1. The molecule has 112 valence electrons. The van der Waals surface area contributed by atoms with Gasteiger partial charge < -0.3 is 15.5 Å². The van der Waals surface area contributed by atoms with Crippen molar-refractivity contribution >= 4 is 11.9 Å². The van der Waals surface area contributed by atoms with E-state index in [0.29, 0.717) is 5.96 Å². The predicted molar refractivity (Wildman–Crippen MR) is 83.6 cm³/mol. The van der Waals surface area contributed by atoms with Crippen molar-refractivity contribution in [2.75, 3.05) is 0 Å². The van der Waals surface area contributed by atoms with E-state index in [9.17, 15) is 0 Å². The zero-order valence-electron chi connectivity index (χ0n) is 13.7. The zero-order chi connectivity index (χ0) is 15.3. The summed E-state index contributed by atoms with van der Waals surface area (Å²) in [5.74, 6) is 0.648. The van der Waals surface area contributed by atoms with Crippen LogP contribution in [0.15, 0.2) is 4.99 Å². The molecule has 0 aliphatic rings. The standard InChI is InChI=1S/C14H31N5/c1-9(2)18(10(3)4)13(15)17-14(16)19(11(5)6)12(7)8/h9-12H,1-8H3,(H3,15,16,17). The lowest BCUT2D eigenvalue weighted by Crippen LogP contribution is -2.48. The van der Waals surface area contributed by atoms with E-state index in [1.165, 1.54) is 0 Å². The van der Waals surface area contributed by atoms with Crippen LogP contribution in [0.1, 0.15) is 55.4 Å². The van der Waals surface area contributed by atoms with Crippen molar-refractivity contribution in [1.29, 1.82) is 5.41 Å². The van der Waals surface area contributed by atoms with Crippen LogP contribution in [0.4, 0.5) is 0 Å². The van der Waals surface area contributed by atoms with E-state index in [4.69, 9.17) is 11.1 Å². The molecule has 0 aromatic rings. The molecule has 0 aliphatic heterocycles. The van der Waals surface area contributed by atoms with E-state index in [2.05, 4.69) is 60.4 Å². The minimum Gasteiger partial charge on any atom is -0.369 e. The van der Waals surface area contributed by atoms with Crippen molar-refractivity contribution in [3.05, 3.63) is 0 Å². The van der Waals surface area contributed by atoms with E-state index < -0.39 is 0 Å². The normalized spacial score (nSPS) is 12.7. The van der Waals surface area contributed by atoms with Gasteiger partial charge in [-0.3, -0.25) is 5.41 Å². The van der Waals surface area contributed by atoms with Gasteiger partial charge >= 0.3 is 0 Å². The quantitative estimate of drug-likeness (QED) is 0.608. The molecule has 3 N–H and O–H groups in total. The van der Waals surface area contributed by atoms with Crippen molar-refractivity contribution in [2.45, 2.75) is 79.6 Å². The Morgan fingerprint density at radius 2 is 1.11 bits per heavy atom. The lowest BCUT2D eigenvalue weighted by atomic mass is 10.2. The van der Waals surface area contributed by atoms with Crippen LogP contribution < -0.4 is 5.73 Å². The van der Waals surface area contributed by atoms with Crippen LogP contribution >= 0.6 is 0 Å². The van der Waals surface area contributed by atoms with Gasteiger partial charge in [0.2, 0.25) is 5.96 Å². The first-order valence-electron chi connectivity index (χ1n) is 7.08. The molecule has 0 amide bonds. The Balaban J connectivity index is 5.15. The van der Waals surface area contributed by atoms with E-state index in [1.807, 2.05) is 9.80 Å². The van der Waals surface area contributed by atoms with Crippen LogP contribution in [-0.2, 0) is 0 Å². The fraction of sp³-hybridized carbons (Fsp3) is 0.857. The number of nitrogens with two attached hydrogens (primary N) is 1. The van der Waals surface area contributed by atoms with Gasteiger partial charge in [-0.05, 0) is 55.4 Å². The first-order chi connectivity index (χ1) is 8.59. The molecule has 19 heavy (non-hydrogen) atoms. The van der Waals surface area contributed by atoms with E-state index in [-0.39, 0.29) is 30.1 Å². The smallest absolute Gasteiger partial charge is 0.221 e. The summed E-state index contributed by atoms with van der Waals surface area (Å²) in [6.45, 7) is 16.5. The highest BCUT2D eigenvalue weighted by atomic mass is 15.3. The van der Waals surface area contributed by atoms with E-state index >= 15 is 0 Å². The second-order valence-electron chi connectivity index (χ2n) is 5.98. The minimum absolute atomic E-state index is 0.230. The second-order valence-corrected chi connectivity index (χ2v) is 5.98. The molecule has 0 spiro atoms. The lowest BCUT2D eigenvalue weighted by molar-refractivity contribution is 0.279. The first kappa shape index (κ1) is 17.7. The second kappa shape index (κ2) is 7.36. The highest BCUT2D eigenvalue weighted by molar-refractivity contribution is 5.93. The summed E-state index contributed by atoms with van der Waals surface area (Å²) >= 11 is 0. The van der Waals surface area contributed by atoms with Crippen molar-refractivity contribution in [2.24, 2.45) is 10.7 Å². The van der Waals surface area contributed by atoms with Gasteiger partial charge in [-0.15, -0.1) is 0 Å². The molecular weight excluding hydrogens is 238 g/mol. The molecule has 0 saturated carbocycles. The minimum atomic E-state index is 0.230. The molecule has 0 rings (SSSR count). The van der Waals surface area contributed by atoms with Crippen LogP contribution in [0.2, 0.25) is 0 Å². The SMILES string of the molecule is CC(C)N(C(=N)N=C(N)N(C(C)C)C(C)C)C(C)C. The molecule has 5 nitrogen and oxygen atoms in total. The molecule has 0 saturated heterocycles. The van der Waals surface area contributed by atoms with Crippen molar-refractivity contribution < 1.29 is 0 Å². The molecule has 0 fully saturated rings. The molecule has 0 unspecified atom stereocenters. The van der Waals surface area contributed by atoms with E-state index in [0.717, 1.165) is 0 Å². The van der Waals surface area contributed by atoms with Gasteiger partial charge in [0.1, 0.15) is 0 Å². The van der Waals surface area contributed by atoms with Gasteiger partial charge in [-0.1, -0.05) is 0 Å². The highest BCUT2D eigenvalue weighted by Gasteiger charge is 2.20. The third-order valence-electron chi connectivity index (χ3n) is 2.95. The molecule has 0 atom stereocenters. The monoisotopic (exact) mass is 269 g/mol. The third kappa shape index (κ3) is 5.09. The van der Waals surface area contributed by atoms with E-state index in [1.54, 1.807) is 0 Å². The van der Waals surface area contributed by atoms with Gasteiger partial charge in [0.15, 0.2) is 5.96 Å². The lowest BCUT2D eigenvalue weighted by Gasteiger charge is -2.34. The van der Waals surface area contributed by atoms with Gasteiger partial charge in [0, 0.05) is 24.2 Å². The largest absolute Gasteiger partial charge is 0.369 e. The fourth-order valence-electron chi connectivity index (χ4n) is 2.43. The number of guanidine groups is 2. The first-order valence-corrected chi connectivity index (χ1v) is 7.08. The number of nitrogens with zero attached hydrogens (tertiary/aromatic N) is 3. The fourth-order valence-corrected chi connectivity index (χ4v) is 2.43. The average molecular weight is 269 g/mol. The Bertz CT molecular complexity index is 302. The molecule has 0 radical (unpaired) electrons. The summed E-state index contributed by atoms with van der Waals surface area (Å²) in [6.07, 6.45) is 0. The molecule has 5 heteroatoms. The Morgan fingerprint density at radius 3 is 1.37 bits per heavy atom. The summed E-state index contributed by atoms with van der Waals surface area (Å²) in [7, 11) is 0. The average Bonchev–Trinajstić information content (AvgIpc) is 2.13. The molecule has 0 aromatic carbocycles. The Kier molecular flexibility index (Phi) is 6.87. The Hall–Kier alpha value is -1.26. The zero-order valence-corrected chi connectivity index (χ0v) is 13.7. The van der Waals surface area contributed by atoms with Crippen LogP contribution in [0.25, 0.3) is 0 Å². The maximum absolute atomic E-state index is 8.14. The Labute approximate surface area is 118 Å². The third-order valence-corrected chi connectivity index (χ3v) is 2.95. The van der Waals surface area contributed by atoms with Crippen molar-refractivity contribution in [3.8, 4) is 0 Å². The van der Waals surface area contributed by atoms with Crippen LogP contribution in [0, 0.1) is 5.41 Å². The summed E-state index contributed by atoms with van der Waals surface area (Å²) in [6, 6.07) is 0.998. The molecule has 0 aromatic heterocycles. The number of rotatable bonds is 4. The highest BCUT2D eigenvalue weighted by Crippen LogP contribution is 2.09. The summed E-state index contributed by atoms with van der Waals surface area (Å²) in [5, 5.41) is 8.14. The predicted octanol–water partition coefficient (Wildman–Crippen LogP) is 2.47. The number of aliphatic imine (C=N–C) groups is 1. The van der Waals surface area contributed by atoms with Crippen LogP contribution in [-0.4, -0.2) is 45.9 Å². The molecular formula is C14H31N5. The topological polar surface area (TPSA) is 68.7 Å². The maximum Gasteiger partial charge on any atom is 0.221 e. The van der Waals surface area contributed by atoms with Crippen LogP contribution in [0.5, 0.6) is 0 Å². The van der Waals surface area contributed by atoms with Gasteiger partial charge in [0.25, 0.3) is 0 Å². The molecule has 0 heterocycles. The molecule has 0 bridgehead atoms. The number of hydrogen-bond acceptors (Lipinski definition) is 1. The Morgan fingerprint density at radius 1 is 0.789 bits per heavy atom. The van der Waals surface area contributed by atoms with Crippen molar-refractivity contribution in [1.82, 2.24) is 9.80 Å². The van der Waals surface area contributed by atoms with Crippen molar-refractivity contribution in [3.63, 3.8) is 0 Å². The number of hydrogen-bond donors (Lipinski definition) is 2. The van der Waals surface area contributed by atoms with Crippen LogP contribution in [0.3, 0.4) is 0 Å². The molecule has 0 aliphatic carbocycles. The van der Waals surface area contributed by atoms with Gasteiger partial charge in [-0.25, -0.2) is 0 Å². The van der Waals surface area contributed by atoms with Gasteiger partial charge in [0.05, 0.1) is 0 Å².